The van der Waals surface area contributed by atoms with Crippen molar-refractivity contribution in [3.63, 3.8) is 0 Å². The van der Waals surface area contributed by atoms with Crippen LogP contribution < -0.4 is 0 Å². The molecule has 3 nitrogen and oxygen atoms in total. The van der Waals surface area contributed by atoms with Crippen LogP contribution in [-0.4, -0.2) is 23.0 Å². The number of fused-ring (bicyclic) bond motifs is 1. The zero-order valence-electron chi connectivity index (χ0n) is 10.0. The molecule has 1 unspecified atom stereocenters. The van der Waals surface area contributed by atoms with E-state index in [2.05, 4.69) is 11.6 Å². The second-order valence-corrected chi connectivity index (χ2v) is 4.89. The fraction of sp³-hybridized carbons (Fsp3) is 0.769. The van der Waals surface area contributed by atoms with Gasteiger partial charge in [-0.05, 0) is 44.1 Å². The fourth-order valence-electron chi connectivity index (χ4n) is 3.00. The third-order valence-electron chi connectivity index (χ3n) is 3.88. The first-order chi connectivity index (χ1) is 7.90. The van der Waals surface area contributed by atoms with Crippen molar-refractivity contribution < 1.29 is 4.74 Å². The number of aromatic nitrogens is 2. The highest BCUT2D eigenvalue weighted by atomic mass is 16.5. The van der Waals surface area contributed by atoms with E-state index in [9.17, 15) is 0 Å². The van der Waals surface area contributed by atoms with Gasteiger partial charge in [0.25, 0.3) is 0 Å². The Hall–Kier alpha value is -0.830. The van der Waals surface area contributed by atoms with Gasteiger partial charge in [0.05, 0.1) is 18.3 Å². The number of hydrogen-bond acceptors (Lipinski definition) is 2. The van der Waals surface area contributed by atoms with Gasteiger partial charge in [-0.15, -0.1) is 0 Å². The van der Waals surface area contributed by atoms with Crippen molar-refractivity contribution in [2.24, 2.45) is 0 Å². The molecular weight excluding hydrogens is 200 g/mol. The summed E-state index contributed by atoms with van der Waals surface area (Å²) < 4.78 is 7.78. The maximum absolute atomic E-state index is 5.48. The molecule has 0 bridgehead atoms. The van der Waals surface area contributed by atoms with Gasteiger partial charge in [-0.25, -0.2) is 0 Å². The highest BCUT2D eigenvalue weighted by Gasteiger charge is 2.26. The normalized spacial score (nSPS) is 24.7. The number of hydrogen-bond donors (Lipinski definition) is 0. The molecule has 0 aromatic carbocycles. The van der Waals surface area contributed by atoms with Crippen LogP contribution in [0, 0.1) is 0 Å². The van der Waals surface area contributed by atoms with E-state index in [4.69, 9.17) is 9.84 Å². The smallest absolute Gasteiger partial charge is 0.0777 e. The molecule has 1 aromatic rings. The molecule has 1 saturated heterocycles. The number of rotatable bonds is 2. The van der Waals surface area contributed by atoms with E-state index in [0.717, 1.165) is 26.1 Å². The Morgan fingerprint density at radius 3 is 3.00 bits per heavy atom. The standard InChI is InChI=1S/C13H20N2O/c1-2-12-11-5-3-4-6-13(11)15(14-12)10-7-8-16-9-10/h10H,2-9H2,1H3. The van der Waals surface area contributed by atoms with Gasteiger partial charge in [0.15, 0.2) is 0 Å². The lowest BCUT2D eigenvalue weighted by Crippen LogP contribution is -2.15. The average molecular weight is 220 g/mol. The molecule has 3 rings (SSSR count). The van der Waals surface area contributed by atoms with Gasteiger partial charge < -0.3 is 4.74 Å². The van der Waals surface area contributed by atoms with Gasteiger partial charge >= 0.3 is 0 Å². The quantitative estimate of drug-likeness (QED) is 0.764. The molecule has 88 valence electrons. The van der Waals surface area contributed by atoms with E-state index in [1.807, 2.05) is 0 Å². The van der Waals surface area contributed by atoms with Crippen LogP contribution in [0.3, 0.4) is 0 Å². The molecule has 2 aliphatic rings. The molecule has 0 amide bonds. The van der Waals surface area contributed by atoms with Crippen molar-refractivity contribution in [3.8, 4) is 0 Å². The third-order valence-corrected chi connectivity index (χ3v) is 3.88. The Kier molecular flexibility index (Phi) is 2.72. The van der Waals surface area contributed by atoms with Crippen LogP contribution in [0.1, 0.15) is 49.2 Å². The van der Waals surface area contributed by atoms with E-state index in [0.29, 0.717) is 6.04 Å². The molecule has 0 saturated carbocycles. The first-order valence-electron chi connectivity index (χ1n) is 6.57. The fourth-order valence-corrected chi connectivity index (χ4v) is 3.00. The van der Waals surface area contributed by atoms with E-state index in [1.54, 1.807) is 5.56 Å². The summed E-state index contributed by atoms with van der Waals surface area (Å²) in [6, 6.07) is 0.507. The highest BCUT2D eigenvalue weighted by Crippen LogP contribution is 2.29. The van der Waals surface area contributed by atoms with Gasteiger partial charge in [0.1, 0.15) is 0 Å². The SMILES string of the molecule is CCc1nn(C2CCOC2)c2c1CCCC2. The Morgan fingerprint density at radius 2 is 2.25 bits per heavy atom. The number of aryl methyl sites for hydroxylation is 1. The summed E-state index contributed by atoms with van der Waals surface area (Å²) in [6.45, 7) is 3.98. The van der Waals surface area contributed by atoms with Gasteiger partial charge in [0.2, 0.25) is 0 Å². The third kappa shape index (κ3) is 1.58. The Morgan fingerprint density at radius 1 is 1.38 bits per heavy atom. The van der Waals surface area contributed by atoms with Crippen molar-refractivity contribution >= 4 is 0 Å². The summed E-state index contributed by atoms with van der Waals surface area (Å²) in [7, 11) is 0. The molecule has 0 spiro atoms. The molecular formula is C13H20N2O. The first kappa shape index (κ1) is 10.3. The number of ether oxygens (including phenoxy) is 1. The van der Waals surface area contributed by atoms with Gasteiger partial charge in [0, 0.05) is 12.3 Å². The summed E-state index contributed by atoms with van der Waals surface area (Å²) in [6.07, 6.45) is 7.34. The van der Waals surface area contributed by atoms with E-state index >= 15 is 0 Å². The second-order valence-electron chi connectivity index (χ2n) is 4.89. The molecule has 1 fully saturated rings. The molecule has 0 N–H and O–H groups in total. The van der Waals surface area contributed by atoms with Crippen LogP contribution in [-0.2, 0) is 24.0 Å². The summed E-state index contributed by atoms with van der Waals surface area (Å²) >= 11 is 0. The molecule has 0 radical (unpaired) electrons. The maximum atomic E-state index is 5.48. The Bertz CT molecular complexity index is 378. The summed E-state index contributed by atoms with van der Waals surface area (Å²) in [5, 5.41) is 4.83. The Labute approximate surface area is 96.8 Å². The first-order valence-corrected chi connectivity index (χ1v) is 6.57. The summed E-state index contributed by atoms with van der Waals surface area (Å²) in [5.74, 6) is 0. The zero-order chi connectivity index (χ0) is 11.0. The van der Waals surface area contributed by atoms with Crippen LogP contribution in [0.4, 0.5) is 0 Å². The van der Waals surface area contributed by atoms with Crippen LogP contribution in [0.25, 0.3) is 0 Å². The number of nitrogens with zero attached hydrogens (tertiary/aromatic N) is 2. The van der Waals surface area contributed by atoms with Crippen molar-refractivity contribution in [2.75, 3.05) is 13.2 Å². The van der Waals surface area contributed by atoms with E-state index < -0.39 is 0 Å². The molecule has 3 heteroatoms. The van der Waals surface area contributed by atoms with Crippen molar-refractivity contribution in [2.45, 2.75) is 51.5 Å². The van der Waals surface area contributed by atoms with Crippen molar-refractivity contribution in [3.05, 3.63) is 17.0 Å². The van der Waals surface area contributed by atoms with Crippen molar-refractivity contribution in [1.29, 1.82) is 0 Å². The predicted octanol–water partition coefficient (Wildman–Crippen LogP) is 2.29. The van der Waals surface area contributed by atoms with Crippen LogP contribution in [0.5, 0.6) is 0 Å². The summed E-state index contributed by atoms with van der Waals surface area (Å²) in [4.78, 5) is 0. The predicted molar refractivity (Wildman–Crippen MR) is 62.7 cm³/mol. The second kappa shape index (κ2) is 4.21. The van der Waals surface area contributed by atoms with E-state index in [1.165, 1.54) is 37.1 Å². The van der Waals surface area contributed by atoms with E-state index in [-0.39, 0.29) is 0 Å². The lowest BCUT2D eigenvalue weighted by atomic mass is 9.95. The minimum absolute atomic E-state index is 0.507. The molecule has 16 heavy (non-hydrogen) atoms. The molecule has 1 aliphatic carbocycles. The van der Waals surface area contributed by atoms with Gasteiger partial charge in [-0.1, -0.05) is 6.92 Å². The average Bonchev–Trinajstić information content (AvgIpc) is 2.95. The molecule has 1 atom stereocenters. The zero-order valence-corrected chi connectivity index (χ0v) is 10.0. The monoisotopic (exact) mass is 220 g/mol. The van der Waals surface area contributed by atoms with Crippen LogP contribution in [0.2, 0.25) is 0 Å². The Balaban J connectivity index is 2.00. The lowest BCUT2D eigenvalue weighted by molar-refractivity contribution is 0.183. The maximum Gasteiger partial charge on any atom is 0.0777 e. The van der Waals surface area contributed by atoms with Gasteiger partial charge in [-0.3, -0.25) is 4.68 Å². The van der Waals surface area contributed by atoms with Crippen LogP contribution >= 0.6 is 0 Å². The van der Waals surface area contributed by atoms with Crippen LogP contribution in [0.15, 0.2) is 0 Å². The highest BCUT2D eigenvalue weighted by molar-refractivity contribution is 5.29. The molecule has 2 heterocycles. The van der Waals surface area contributed by atoms with Gasteiger partial charge in [-0.2, -0.15) is 5.10 Å². The molecule has 1 aliphatic heterocycles. The minimum Gasteiger partial charge on any atom is -0.379 e. The summed E-state index contributed by atoms with van der Waals surface area (Å²) in [5.41, 5.74) is 4.40. The van der Waals surface area contributed by atoms with Crippen molar-refractivity contribution in [1.82, 2.24) is 9.78 Å². The lowest BCUT2D eigenvalue weighted by Gasteiger charge is -2.17. The largest absolute Gasteiger partial charge is 0.379 e. The topological polar surface area (TPSA) is 27.1 Å². The minimum atomic E-state index is 0.507. The molecule has 1 aromatic heterocycles.